The summed E-state index contributed by atoms with van der Waals surface area (Å²) in [6, 6.07) is 21.4. The molecule has 3 aromatic rings. The molecular formula is C23H28N4S. The number of nitrogens with two attached hydrogens (primary N) is 3. The molecule has 1 aromatic heterocycles. The van der Waals surface area contributed by atoms with Gasteiger partial charge in [-0.15, -0.1) is 11.8 Å². The smallest absolute Gasteiger partial charge is 0.0974 e. The van der Waals surface area contributed by atoms with Gasteiger partial charge >= 0.3 is 0 Å². The highest BCUT2D eigenvalue weighted by atomic mass is 32.2. The van der Waals surface area contributed by atoms with Crippen LogP contribution < -0.4 is 17.2 Å². The number of hydrogen-bond acceptors (Lipinski definition) is 5. The number of thioether (sulfide) groups is 1. The molecule has 0 fully saturated rings. The molecule has 0 spiro atoms. The van der Waals surface area contributed by atoms with Crippen molar-refractivity contribution in [1.82, 2.24) is 4.98 Å². The van der Waals surface area contributed by atoms with Crippen LogP contribution in [0.25, 0.3) is 22.4 Å². The van der Waals surface area contributed by atoms with Crippen LogP contribution in [0.15, 0.2) is 65.7 Å². The molecule has 6 N–H and O–H groups in total. The van der Waals surface area contributed by atoms with E-state index in [0.717, 1.165) is 40.4 Å². The molecule has 3 rings (SSSR count). The first-order valence-corrected chi connectivity index (χ1v) is 10.7. The third-order valence-electron chi connectivity index (χ3n) is 4.52. The molecule has 2 aromatic carbocycles. The zero-order valence-corrected chi connectivity index (χ0v) is 16.9. The van der Waals surface area contributed by atoms with Gasteiger partial charge in [0.2, 0.25) is 0 Å². The van der Waals surface area contributed by atoms with Gasteiger partial charge in [-0.2, -0.15) is 0 Å². The van der Waals surface area contributed by atoms with E-state index in [1.807, 2.05) is 0 Å². The molecule has 0 aliphatic rings. The second-order valence-electron chi connectivity index (χ2n) is 6.69. The van der Waals surface area contributed by atoms with Crippen LogP contribution in [-0.4, -0.2) is 30.4 Å². The van der Waals surface area contributed by atoms with Gasteiger partial charge in [-0.25, -0.2) is 4.98 Å². The fourth-order valence-corrected chi connectivity index (χ4v) is 3.88. The molecule has 4 nitrogen and oxygen atoms in total. The lowest BCUT2D eigenvalue weighted by molar-refractivity contribution is 0.968. The van der Waals surface area contributed by atoms with Crippen LogP contribution in [0.2, 0.25) is 0 Å². The second-order valence-corrected chi connectivity index (χ2v) is 7.81. The van der Waals surface area contributed by atoms with Crippen molar-refractivity contribution in [2.24, 2.45) is 17.2 Å². The largest absolute Gasteiger partial charge is 0.330 e. The van der Waals surface area contributed by atoms with Crippen LogP contribution in [0.3, 0.4) is 0 Å². The SMILES string of the molecule is NCCSc1cc(-c2cccc(CCN)c2)cc(-c2cccc(CCN)c2)n1. The quantitative estimate of drug-likeness (QED) is 0.485. The van der Waals surface area contributed by atoms with E-state index in [4.69, 9.17) is 22.2 Å². The Morgan fingerprint density at radius 3 is 1.96 bits per heavy atom. The van der Waals surface area contributed by atoms with E-state index >= 15 is 0 Å². The highest BCUT2D eigenvalue weighted by Gasteiger charge is 2.09. The summed E-state index contributed by atoms with van der Waals surface area (Å²) in [5, 5.41) is 0.992. The molecule has 0 atom stereocenters. The Kier molecular flexibility index (Phi) is 7.62. The van der Waals surface area contributed by atoms with Crippen LogP contribution in [0.5, 0.6) is 0 Å². The van der Waals surface area contributed by atoms with Gasteiger partial charge < -0.3 is 17.2 Å². The minimum Gasteiger partial charge on any atom is -0.330 e. The van der Waals surface area contributed by atoms with Crippen molar-refractivity contribution in [3.8, 4) is 22.4 Å². The van der Waals surface area contributed by atoms with Gasteiger partial charge in [0.1, 0.15) is 0 Å². The number of nitrogens with zero attached hydrogens (tertiary/aromatic N) is 1. The summed E-state index contributed by atoms with van der Waals surface area (Å²) in [7, 11) is 0. The summed E-state index contributed by atoms with van der Waals surface area (Å²) < 4.78 is 0. The van der Waals surface area contributed by atoms with Crippen molar-refractivity contribution < 1.29 is 0 Å². The predicted octanol–water partition coefficient (Wildman–Crippen LogP) is 3.47. The summed E-state index contributed by atoms with van der Waals surface area (Å²) >= 11 is 1.69. The highest BCUT2D eigenvalue weighted by molar-refractivity contribution is 7.99. The summed E-state index contributed by atoms with van der Waals surface area (Å²) in [6.45, 7) is 1.92. The topological polar surface area (TPSA) is 91.0 Å². The maximum Gasteiger partial charge on any atom is 0.0974 e. The minimum absolute atomic E-state index is 0.629. The normalized spacial score (nSPS) is 11.0. The lowest BCUT2D eigenvalue weighted by Crippen LogP contribution is -2.03. The highest BCUT2D eigenvalue weighted by Crippen LogP contribution is 2.30. The summed E-state index contributed by atoms with van der Waals surface area (Å²) in [5.41, 5.74) is 24.1. The minimum atomic E-state index is 0.629. The Morgan fingerprint density at radius 1 is 0.679 bits per heavy atom. The third-order valence-corrected chi connectivity index (χ3v) is 5.46. The average Bonchev–Trinajstić information content (AvgIpc) is 2.73. The van der Waals surface area contributed by atoms with E-state index < -0.39 is 0 Å². The van der Waals surface area contributed by atoms with E-state index in [1.54, 1.807) is 11.8 Å². The lowest BCUT2D eigenvalue weighted by Gasteiger charge is -2.11. The fraction of sp³-hybridized carbons (Fsp3) is 0.261. The summed E-state index contributed by atoms with van der Waals surface area (Å²) in [5.74, 6) is 0.844. The van der Waals surface area contributed by atoms with Gasteiger partial charge in [-0.05, 0) is 66.4 Å². The predicted molar refractivity (Wildman–Crippen MR) is 120 cm³/mol. The maximum absolute atomic E-state index is 5.73. The van der Waals surface area contributed by atoms with E-state index in [1.165, 1.54) is 16.7 Å². The molecule has 0 amide bonds. The Morgan fingerprint density at radius 2 is 1.32 bits per heavy atom. The molecule has 5 heteroatoms. The van der Waals surface area contributed by atoms with Gasteiger partial charge in [0.15, 0.2) is 0 Å². The Bertz CT molecular complexity index is 843. The maximum atomic E-state index is 5.73. The molecule has 0 aliphatic heterocycles. The Labute approximate surface area is 171 Å². The number of benzene rings is 2. The number of pyridine rings is 1. The van der Waals surface area contributed by atoms with E-state index in [0.29, 0.717) is 19.6 Å². The second kappa shape index (κ2) is 10.4. The summed E-state index contributed by atoms with van der Waals surface area (Å²) in [6.07, 6.45) is 1.74. The fourth-order valence-electron chi connectivity index (χ4n) is 3.18. The zero-order valence-electron chi connectivity index (χ0n) is 16.1. The Hall–Kier alpha value is -2.18. The zero-order chi connectivity index (χ0) is 19.8. The van der Waals surface area contributed by atoms with Crippen LogP contribution >= 0.6 is 11.8 Å². The van der Waals surface area contributed by atoms with E-state index in [2.05, 4.69) is 60.7 Å². The molecule has 1 heterocycles. The third kappa shape index (κ3) is 5.42. The average molecular weight is 393 g/mol. The van der Waals surface area contributed by atoms with Gasteiger partial charge in [0.05, 0.1) is 10.7 Å². The molecule has 0 saturated heterocycles. The van der Waals surface area contributed by atoms with E-state index in [-0.39, 0.29) is 0 Å². The molecule has 28 heavy (non-hydrogen) atoms. The van der Waals surface area contributed by atoms with Crippen molar-refractivity contribution in [3.63, 3.8) is 0 Å². The molecule has 0 bridgehead atoms. The number of hydrogen-bond donors (Lipinski definition) is 3. The van der Waals surface area contributed by atoms with Gasteiger partial charge in [-0.3, -0.25) is 0 Å². The number of aromatic nitrogens is 1. The van der Waals surface area contributed by atoms with Crippen molar-refractivity contribution in [1.29, 1.82) is 0 Å². The van der Waals surface area contributed by atoms with Crippen molar-refractivity contribution in [2.45, 2.75) is 17.9 Å². The van der Waals surface area contributed by atoms with Gasteiger partial charge in [-0.1, -0.05) is 42.5 Å². The first kappa shape index (κ1) is 20.6. The monoisotopic (exact) mass is 392 g/mol. The number of rotatable bonds is 9. The van der Waals surface area contributed by atoms with Crippen molar-refractivity contribution in [3.05, 3.63) is 71.8 Å². The summed E-state index contributed by atoms with van der Waals surface area (Å²) in [4.78, 5) is 4.88. The van der Waals surface area contributed by atoms with Crippen LogP contribution in [-0.2, 0) is 12.8 Å². The molecule has 0 radical (unpaired) electrons. The van der Waals surface area contributed by atoms with Crippen LogP contribution in [0.1, 0.15) is 11.1 Å². The standard InChI is InChI=1S/C23H28N4S/c24-9-7-17-3-1-5-19(13-17)21-15-22(27-23(16-21)28-12-11-26)20-6-2-4-18(14-20)8-10-25/h1-6,13-16H,7-12,24-26H2. The van der Waals surface area contributed by atoms with Gasteiger partial charge in [0, 0.05) is 17.9 Å². The lowest BCUT2D eigenvalue weighted by atomic mass is 9.99. The molecule has 0 saturated carbocycles. The molecule has 0 aliphatic carbocycles. The molecule has 0 unspecified atom stereocenters. The van der Waals surface area contributed by atoms with E-state index in [9.17, 15) is 0 Å². The first-order chi connectivity index (χ1) is 13.7. The van der Waals surface area contributed by atoms with Crippen molar-refractivity contribution >= 4 is 11.8 Å². The molecule has 146 valence electrons. The van der Waals surface area contributed by atoms with Gasteiger partial charge in [0.25, 0.3) is 0 Å². The van der Waals surface area contributed by atoms with Crippen LogP contribution in [0.4, 0.5) is 0 Å². The van der Waals surface area contributed by atoms with Crippen LogP contribution in [0, 0.1) is 0 Å². The van der Waals surface area contributed by atoms with Crippen molar-refractivity contribution in [2.75, 3.05) is 25.4 Å². The molecular weight excluding hydrogens is 364 g/mol. The first-order valence-electron chi connectivity index (χ1n) is 9.67. The Balaban J connectivity index is 2.04.